The fourth-order valence-corrected chi connectivity index (χ4v) is 4.15. The Labute approximate surface area is 160 Å². The van der Waals surface area contributed by atoms with Gasteiger partial charge in [0.05, 0.1) is 19.5 Å². The van der Waals surface area contributed by atoms with E-state index in [1.165, 1.54) is 25.5 Å². The average Bonchev–Trinajstić information content (AvgIpc) is 3.26. The van der Waals surface area contributed by atoms with Gasteiger partial charge in [0, 0.05) is 38.1 Å². The number of amides is 2. The third-order valence-electron chi connectivity index (χ3n) is 5.69. The molecule has 1 aromatic heterocycles. The zero-order valence-corrected chi connectivity index (χ0v) is 16.0. The van der Waals surface area contributed by atoms with Crippen molar-refractivity contribution in [2.75, 3.05) is 39.4 Å². The first-order valence-electron chi connectivity index (χ1n) is 10.1. The van der Waals surface area contributed by atoms with Crippen LogP contribution in [0.3, 0.4) is 0 Å². The first kappa shape index (κ1) is 19.9. The second-order valence-corrected chi connectivity index (χ2v) is 7.50. The van der Waals surface area contributed by atoms with Gasteiger partial charge in [-0.1, -0.05) is 19.3 Å². The fraction of sp³-hybridized carbons (Fsp3) is 0.700. The molecule has 1 aliphatic carbocycles. The minimum absolute atomic E-state index is 0.0560. The zero-order valence-electron chi connectivity index (χ0n) is 16.0. The van der Waals surface area contributed by atoms with E-state index in [9.17, 15) is 9.59 Å². The molecule has 1 aromatic rings. The maximum atomic E-state index is 12.3. The molecule has 2 fully saturated rings. The third kappa shape index (κ3) is 5.56. The van der Waals surface area contributed by atoms with Crippen LogP contribution in [0.4, 0.5) is 0 Å². The minimum Gasteiger partial charge on any atom is -0.459 e. The summed E-state index contributed by atoms with van der Waals surface area (Å²) in [4.78, 5) is 26.6. The normalized spacial score (nSPS) is 20.1. The highest BCUT2D eigenvalue weighted by atomic mass is 16.5. The van der Waals surface area contributed by atoms with Gasteiger partial charge in [0.25, 0.3) is 5.91 Å². The molecule has 0 radical (unpaired) electrons. The lowest BCUT2D eigenvalue weighted by atomic mass is 9.79. The lowest BCUT2D eigenvalue weighted by Gasteiger charge is -2.48. The number of nitrogens with zero attached hydrogens (tertiary/aromatic N) is 1. The van der Waals surface area contributed by atoms with Crippen molar-refractivity contribution in [3.8, 4) is 0 Å². The van der Waals surface area contributed by atoms with E-state index in [0.717, 1.165) is 39.1 Å². The van der Waals surface area contributed by atoms with Gasteiger partial charge in [-0.3, -0.25) is 14.5 Å². The molecule has 0 aromatic carbocycles. The highest BCUT2D eigenvalue weighted by molar-refractivity contribution is 5.91. The van der Waals surface area contributed by atoms with Gasteiger partial charge in [-0.2, -0.15) is 0 Å². The monoisotopic (exact) mass is 377 g/mol. The average molecular weight is 377 g/mol. The van der Waals surface area contributed by atoms with E-state index in [-0.39, 0.29) is 17.4 Å². The van der Waals surface area contributed by atoms with Crippen molar-refractivity contribution in [1.29, 1.82) is 0 Å². The van der Waals surface area contributed by atoms with Crippen LogP contribution >= 0.6 is 0 Å². The van der Waals surface area contributed by atoms with Crippen LogP contribution in [0.5, 0.6) is 0 Å². The van der Waals surface area contributed by atoms with Gasteiger partial charge in [-0.15, -0.1) is 0 Å². The predicted octanol–water partition coefficient (Wildman–Crippen LogP) is 1.94. The van der Waals surface area contributed by atoms with Gasteiger partial charge in [0.2, 0.25) is 5.91 Å². The van der Waals surface area contributed by atoms with Crippen LogP contribution in [0.2, 0.25) is 0 Å². The molecule has 1 saturated heterocycles. The molecule has 2 amide bonds. The van der Waals surface area contributed by atoms with Gasteiger partial charge >= 0.3 is 0 Å². The van der Waals surface area contributed by atoms with Gasteiger partial charge in [-0.25, -0.2) is 0 Å². The molecular weight excluding hydrogens is 346 g/mol. The molecule has 2 aliphatic rings. The van der Waals surface area contributed by atoms with Crippen molar-refractivity contribution in [2.45, 2.75) is 50.5 Å². The van der Waals surface area contributed by atoms with E-state index in [1.54, 1.807) is 12.1 Å². The van der Waals surface area contributed by atoms with Gasteiger partial charge < -0.3 is 19.8 Å². The smallest absolute Gasteiger partial charge is 0.286 e. The maximum Gasteiger partial charge on any atom is 0.286 e. The second-order valence-electron chi connectivity index (χ2n) is 7.50. The first-order valence-corrected chi connectivity index (χ1v) is 10.1. The van der Waals surface area contributed by atoms with E-state index in [1.807, 2.05) is 0 Å². The number of carbonyl (C=O) groups is 2. The van der Waals surface area contributed by atoms with Crippen LogP contribution in [0, 0.1) is 0 Å². The highest BCUT2D eigenvalue weighted by Crippen LogP contribution is 2.33. The highest BCUT2D eigenvalue weighted by Gasteiger charge is 2.38. The number of carbonyl (C=O) groups excluding carboxylic acids is 2. The summed E-state index contributed by atoms with van der Waals surface area (Å²) >= 11 is 0. The molecule has 3 rings (SSSR count). The standard InChI is InChI=1S/C20H31N3O4/c24-18(7-4-10-21-19(25)17-6-5-13-27-17)22-16-20(8-2-1-3-9-20)23-11-14-26-15-12-23/h5-6,13H,1-4,7-12,14-16H2,(H,21,25)(H,22,24). The van der Waals surface area contributed by atoms with Gasteiger partial charge in [0.15, 0.2) is 5.76 Å². The van der Waals surface area contributed by atoms with Gasteiger partial charge in [-0.05, 0) is 31.4 Å². The molecule has 0 unspecified atom stereocenters. The van der Waals surface area contributed by atoms with Crippen LogP contribution in [0.15, 0.2) is 22.8 Å². The maximum absolute atomic E-state index is 12.3. The second kappa shape index (κ2) is 9.90. The number of nitrogens with one attached hydrogen (secondary N) is 2. The van der Waals surface area contributed by atoms with Crippen LogP contribution < -0.4 is 10.6 Å². The molecular formula is C20H31N3O4. The van der Waals surface area contributed by atoms with Crippen LogP contribution in [0.25, 0.3) is 0 Å². The number of ether oxygens (including phenoxy) is 1. The lowest BCUT2D eigenvalue weighted by Crippen LogP contribution is -2.59. The number of hydrogen-bond donors (Lipinski definition) is 2. The molecule has 0 spiro atoms. The SMILES string of the molecule is O=C(CCCNC(=O)c1ccco1)NCC1(N2CCOCC2)CCCCC1. The van der Waals surface area contributed by atoms with Crippen molar-refractivity contribution in [2.24, 2.45) is 0 Å². The molecule has 0 bridgehead atoms. The van der Waals surface area contributed by atoms with E-state index >= 15 is 0 Å². The largest absolute Gasteiger partial charge is 0.459 e. The summed E-state index contributed by atoms with van der Waals surface area (Å²) in [6.07, 6.45) is 8.53. The van der Waals surface area contributed by atoms with Gasteiger partial charge in [0.1, 0.15) is 0 Å². The van der Waals surface area contributed by atoms with Crippen LogP contribution in [-0.2, 0) is 9.53 Å². The summed E-state index contributed by atoms with van der Waals surface area (Å²) in [5.74, 6) is 0.110. The van der Waals surface area contributed by atoms with Crippen LogP contribution in [0.1, 0.15) is 55.5 Å². The Hall–Kier alpha value is -1.86. The topological polar surface area (TPSA) is 83.8 Å². The summed E-state index contributed by atoms with van der Waals surface area (Å²) in [7, 11) is 0. The zero-order chi connectivity index (χ0) is 19.0. The van der Waals surface area contributed by atoms with Crippen molar-refractivity contribution >= 4 is 11.8 Å². The number of hydrogen-bond acceptors (Lipinski definition) is 5. The fourth-order valence-electron chi connectivity index (χ4n) is 4.15. The summed E-state index contributed by atoms with van der Waals surface area (Å²) in [6, 6.07) is 3.30. The summed E-state index contributed by atoms with van der Waals surface area (Å²) < 4.78 is 10.5. The predicted molar refractivity (Wildman–Crippen MR) is 101 cm³/mol. The molecule has 150 valence electrons. The third-order valence-corrected chi connectivity index (χ3v) is 5.69. The molecule has 2 heterocycles. The summed E-state index contributed by atoms with van der Waals surface area (Å²) in [5, 5.41) is 5.92. The minimum atomic E-state index is -0.242. The Balaban J connectivity index is 1.39. The summed E-state index contributed by atoms with van der Waals surface area (Å²) in [5.41, 5.74) is 0.0885. The molecule has 1 aliphatic heterocycles. The Morgan fingerprint density at radius 2 is 1.89 bits per heavy atom. The molecule has 7 nitrogen and oxygen atoms in total. The van der Waals surface area contributed by atoms with E-state index in [0.29, 0.717) is 31.7 Å². The number of furan rings is 1. The number of rotatable bonds is 8. The molecule has 7 heteroatoms. The Morgan fingerprint density at radius 1 is 1.11 bits per heavy atom. The van der Waals surface area contributed by atoms with Crippen molar-refractivity contribution in [1.82, 2.24) is 15.5 Å². The quantitative estimate of drug-likeness (QED) is 0.677. The first-order chi connectivity index (χ1) is 13.2. The number of morpholine rings is 1. The Bertz CT molecular complexity index is 590. The van der Waals surface area contributed by atoms with Crippen LogP contribution in [-0.4, -0.2) is 61.6 Å². The van der Waals surface area contributed by atoms with Crippen molar-refractivity contribution < 1.29 is 18.7 Å². The Morgan fingerprint density at radius 3 is 2.59 bits per heavy atom. The van der Waals surface area contributed by atoms with Crippen molar-refractivity contribution in [3.05, 3.63) is 24.2 Å². The molecule has 2 N–H and O–H groups in total. The van der Waals surface area contributed by atoms with E-state index < -0.39 is 0 Å². The Kier molecular flexibility index (Phi) is 7.29. The molecule has 0 atom stereocenters. The lowest BCUT2D eigenvalue weighted by molar-refractivity contribution is -0.122. The molecule has 27 heavy (non-hydrogen) atoms. The summed E-state index contributed by atoms with van der Waals surface area (Å²) in [6.45, 7) is 4.64. The molecule has 1 saturated carbocycles. The van der Waals surface area contributed by atoms with Crippen molar-refractivity contribution in [3.63, 3.8) is 0 Å². The van der Waals surface area contributed by atoms with E-state index in [2.05, 4.69) is 15.5 Å². The van der Waals surface area contributed by atoms with E-state index in [4.69, 9.17) is 9.15 Å².